The first-order chi connectivity index (χ1) is 13.7. The highest BCUT2D eigenvalue weighted by atomic mass is 14.4. The van der Waals surface area contributed by atoms with Crippen molar-refractivity contribution in [1.29, 1.82) is 0 Å². The molecule has 0 aliphatic rings. The van der Waals surface area contributed by atoms with Gasteiger partial charge in [-0.3, -0.25) is 0 Å². The van der Waals surface area contributed by atoms with E-state index in [4.69, 9.17) is 0 Å². The third-order valence-electron chi connectivity index (χ3n) is 5.85. The molecule has 0 N–H and O–H groups in total. The molecule has 0 heteroatoms. The summed E-state index contributed by atoms with van der Waals surface area (Å²) >= 11 is 0. The predicted octanol–water partition coefficient (Wildman–Crippen LogP) is 6.99. The predicted molar refractivity (Wildman–Crippen MR) is 119 cm³/mol. The lowest BCUT2D eigenvalue weighted by Gasteiger charge is -2.39. The third-order valence-corrected chi connectivity index (χ3v) is 5.85. The zero-order chi connectivity index (χ0) is 19.6. The normalized spacial score (nSPS) is 11.4. The van der Waals surface area contributed by atoms with Crippen LogP contribution in [0, 0.1) is 20.8 Å². The second kappa shape index (κ2) is 7.48. The van der Waals surface area contributed by atoms with Crippen molar-refractivity contribution in [2.24, 2.45) is 0 Å². The van der Waals surface area contributed by atoms with Crippen LogP contribution in [0.5, 0.6) is 0 Å². The van der Waals surface area contributed by atoms with Crippen molar-refractivity contribution in [3.63, 3.8) is 0 Å². The van der Waals surface area contributed by atoms with Crippen molar-refractivity contribution in [2.45, 2.75) is 26.2 Å². The molecule has 0 aromatic heterocycles. The van der Waals surface area contributed by atoms with E-state index in [-0.39, 0.29) is 5.41 Å². The minimum absolute atomic E-state index is 0.358. The van der Waals surface area contributed by atoms with E-state index in [0.717, 1.165) is 0 Å². The summed E-state index contributed by atoms with van der Waals surface area (Å²) in [5.74, 6) is 0. The van der Waals surface area contributed by atoms with E-state index in [1.54, 1.807) is 0 Å². The van der Waals surface area contributed by atoms with E-state index in [1.807, 2.05) is 0 Å². The summed E-state index contributed by atoms with van der Waals surface area (Å²) < 4.78 is 0. The molecule has 0 spiro atoms. The number of benzene rings is 4. The highest BCUT2D eigenvalue weighted by Crippen LogP contribution is 2.48. The van der Waals surface area contributed by atoms with Crippen molar-refractivity contribution in [3.05, 3.63) is 142 Å². The van der Waals surface area contributed by atoms with Crippen molar-refractivity contribution in [3.8, 4) is 0 Å². The molecular formula is C28H26. The fourth-order valence-electron chi connectivity index (χ4n) is 4.57. The summed E-state index contributed by atoms with van der Waals surface area (Å²) in [4.78, 5) is 0. The van der Waals surface area contributed by atoms with Crippen LogP contribution in [0.4, 0.5) is 0 Å². The van der Waals surface area contributed by atoms with Gasteiger partial charge in [-0.15, -0.1) is 0 Å². The quantitative estimate of drug-likeness (QED) is 0.343. The Kier molecular flexibility index (Phi) is 4.88. The zero-order valence-corrected chi connectivity index (χ0v) is 16.8. The molecule has 0 atom stereocenters. The Morgan fingerprint density at radius 2 is 0.714 bits per heavy atom. The monoisotopic (exact) mass is 362 g/mol. The van der Waals surface area contributed by atoms with E-state index in [9.17, 15) is 0 Å². The molecule has 28 heavy (non-hydrogen) atoms. The van der Waals surface area contributed by atoms with Crippen LogP contribution in [0.15, 0.2) is 103 Å². The van der Waals surface area contributed by atoms with Crippen LogP contribution in [0.1, 0.15) is 38.9 Å². The highest BCUT2D eigenvalue weighted by molar-refractivity contribution is 5.64. The molecule has 0 fully saturated rings. The van der Waals surface area contributed by atoms with Gasteiger partial charge in [0.25, 0.3) is 0 Å². The standard InChI is InChI=1S/C28H26/c1-21-13-7-10-18-25(21)28(24-16-5-4-6-17-24,26-19-11-8-14-22(26)2)27-20-12-9-15-23(27)3/h4-20H,1-3H3. The van der Waals surface area contributed by atoms with Crippen molar-refractivity contribution in [1.82, 2.24) is 0 Å². The number of rotatable bonds is 4. The van der Waals surface area contributed by atoms with Gasteiger partial charge >= 0.3 is 0 Å². The summed E-state index contributed by atoms with van der Waals surface area (Å²) in [7, 11) is 0. The van der Waals surface area contributed by atoms with Crippen LogP contribution in [0.3, 0.4) is 0 Å². The molecule has 0 saturated heterocycles. The molecule has 0 bridgehead atoms. The van der Waals surface area contributed by atoms with E-state index in [1.165, 1.54) is 38.9 Å². The Morgan fingerprint density at radius 3 is 1.07 bits per heavy atom. The second-order valence-corrected chi connectivity index (χ2v) is 7.56. The smallest absolute Gasteiger partial charge is 0.0622 e. The van der Waals surface area contributed by atoms with Crippen LogP contribution >= 0.6 is 0 Å². The fraction of sp³-hybridized carbons (Fsp3) is 0.143. The molecule has 0 nitrogen and oxygen atoms in total. The Hall–Kier alpha value is -3.12. The lowest BCUT2D eigenvalue weighted by molar-refractivity contribution is 0.726. The summed E-state index contributed by atoms with van der Waals surface area (Å²) in [6.07, 6.45) is 0. The van der Waals surface area contributed by atoms with Gasteiger partial charge in [0.15, 0.2) is 0 Å². The molecule has 4 aromatic carbocycles. The summed E-state index contributed by atoms with van der Waals surface area (Å²) in [5, 5.41) is 0. The topological polar surface area (TPSA) is 0 Å². The molecule has 0 heterocycles. The molecule has 4 rings (SSSR count). The van der Waals surface area contributed by atoms with Gasteiger partial charge in [0, 0.05) is 0 Å². The number of hydrogen-bond donors (Lipinski definition) is 0. The molecule has 0 radical (unpaired) electrons. The molecule has 0 aliphatic heterocycles. The lowest BCUT2D eigenvalue weighted by atomic mass is 9.62. The number of hydrogen-bond acceptors (Lipinski definition) is 0. The summed E-state index contributed by atoms with van der Waals surface area (Å²) in [6.45, 7) is 6.68. The van der Waals surface area contributed by atoms with E-state index in [0.29, 0.717) is 0 Å². The van der Waals surface area contributed by atoms with Gasteiger partial charge in [0.05, 0.1) is 5.41 Å². The van der Waals surface area contributed by atoms with Gasteiger partial charge in [-0.1, -0.05) is 103 Å². The van der Waals surface area contributed by atoms with E-state index in [2.05, 4.69) is 124 Å². The van der Waals surface area contributed by atoms with Gasteiger partial charge in [-0.2, -0.15) is 0 Å². The Bertz CT molecular complexity index is 979. The maximum absolute atomic E-state index is 2.29. The molecule has 0 amide bonds. The maximum atomic E-state index is 2.29. The first kappa shape index (κ1) is 18.3. The molecule has 0 saturated carbocycles. The van der Waals surface area contributed by atoms with Crippen LogP contribution in [-0.4, -0.2) is 0 Å². The van der Waals surface area contributed by atoms with Crippen molar-refractivity contribution in [2.75, 3.05) is 0 Å². The van der Waals surface area contributed by atoms with Gasteiger partial charge in [0.2, 0.25) is 0 Å². The van der Waals surface area contributed by atoms with Crippen LogP contribution in [0.25, 0.3) is 0 Å². The molecular weight excluding hydrogens is 336 g/mol. The van der Waals surface area contributed by atoms with Crippen LogP contribution in [0.2, 0.25) is 0 Å². The molecule has 138 valence electrons. The summed E-state index contributed by atoms with van der Waals surface area (Å²) in [5.41, 5.74) is 8.87. The molecule has 0 unspecified atom stereocenters. The van der Waals surface area contributed by atoms with Crippen molar-refractivity contribution < 1.29 is 0 Å². The minimum atomic E-state index is -0.358. The van der Waals surface area contributed by atoms with Crippen LogP contribution in [-0.2, 0) is 5.41 Å². The molecule has 4 aromatic rings. The second-order valence-electron chi connectivity index (χ2n) is 7.56. The Morgan fingerprint density at radius 1 is 0.393 bits per heavy atom. The van der Waals surface area contributed by atoms with Crippen molar-refractivity contribution >= 4 is 0 Å². The summed E-state index contributed by atoms with van der Waals surface area (Å²) in [6, 6.07) is 37.4. The average molecular weight is 363 g/mol. The first-order valence-corrected chi connectivity index (χ1v) is 9.89. The third kappa shape index (κ3) is 2.86. The largest absolute Gasteiger partial charge is 0.0709 e. The van der Waals surface area contributed by atoms with Crippen LogP contribution < -0.4 is 0 Å². The maximum Gasteiger partial charge on any atom is 0.0709 e. The van der Waals surface area contributed by atoms with E-state index >= 15 is 0 Å². The van der Waals surface area contributed by atoms with Gasteiger partial charge in [-0.05, 0) is 59.7 Å². The SMILES string of the molecule is Cc1ccccc1C(c1ccccc1)(c1ccccc1C)c1ccccc1C. The Balaban J connectivity index is 2.24. The van der Waals surface area contributed by atoms with Gasteiger partial charge in [0.1, 0.15) is 0 Å². The number of aryl methyl sites for hydroxylation is 3. The highest BCUT2D eigenvalue weighted by Gasteiger charge is 2.40. The van der Waals surface area contributed by atoms with E-state index < -0.39 is 0 Å². The van der Waals surface area contributed by atoms with Gasteiger partial charge in [-0.25, -0.2) is 0 Å². The molecule has 0 aliphatic carbocycles. The minimum Gasteiger partial charge on any atom is -0.0622 e. The van der Waals surface area contributed by atoms with Gasteiger partial charge < -0.3 is 0 Å². The zero-order valence-electron chi connectivity index (χ0n) is 16.8. The Labute approximate surface area is 168 Å². The lowest BCUT2D eigenvalue weighted by Crippen LogP contribution is -2.33. The average Bonchev–Trinajstić information content (AvgIpc) is 2.73. The first-order valence-electron chi connectivity index (χ1n) is 9.89. The fourth-order valence-corrected chi connectivity index (χ4v) is 4.57.